The topological polar surface area (TPSA) is 38.5 Å². The van der Waals surface area contributed by atoms with Gasteiger partial charge in [-0.3, -0.25) is 4.90 Å². The van der Waals surface area contributed by atoms with Gasteiger partial charge in [0.1, 0.15) is 12.4 Å². The molecule has 2 N–H and O–H groups in total. The highest BCUT2D eigenvalue weighted by atomic mass is 35.5. The first kappa shape index (κ1) is 15.6. The molecule has 1 unspecified atom stereocenters. The van der Waals surface area contributed by atoms with Crippen molar-refractivity contribution in [2.75, 3.05) is 26.2 Å². The van der Waals surface area contributed by atoms with E-state index in [0.717, 1.165) is 42.3 Å². The van der Waals surface area contributed by atoms with Crippen molar-refractivity contribution in [1.82, 2.24) is 4.90 Å². The van der Waals surface area contributed by atoms with E-state index in [1.807, 2.05) is 18.2 Å². The molecule has 3 nitrogen and oxygen atoms in total. The van der Waals surface area contributed by atoms with Gasteiger partial charge >= 0.3 is 0 Å². The lowest BCUT2D eigenvalue weighted by Gasteiger charge is -2.18. The summed E-state index contributed by atoms with van der Waals surface area (Å²) in [6.07, 6.45) is 4.41. The van der Waals surface area contributed by atoms with Gasteiger partial charge in [0.2, 0.25) is 0 Å². The molecule has 1 aromatic rings. The molecule has 112 valence electrons. The molecule has 1 atom stereocenters. The van der Waals surface area contributed by atoms with E-state index >= 15 is 0 Å². The molecule has 0 bridgehead atoms. The van der Waals surface area contributed by atoms with Crippen molar-refractivity contribution in [3.63, 3.8) is 0 Å². The minimum atomic E-state index is 0.161. The molecular formula is C16H25ClN2O. The maximum Gasteiger partial charge on any atom is 0.122 e. The Bertz CT molecular complexity index is 419. The van der Waals surface area contributed by atoms with Crippen molar-refractivity contribution in [1.29, 1.82) is 0 Å². The Morgan fingerprint density at radius 2 is 2.10 bits per heavy atom. The number of nitrogens with two attached hydrogens (primary N) is 1. The van der Waals surface area contributed by atoms with Crippen LogP contribution in [0.3, 0.4) is 0 Å². The van der Waals surface area contributed by atoms with Crippen molar-refractivity contribution in [2.45, 2.75) is 38.6 Å². The van der Waals surface area contributed by atoms with Gasteiger partial charge in [0.05, 0.1) is 0 Å². The minimum Gasteiger partial charge on any atom is -0.492 e. The Balaban J connectivity index is 1.91. The van der Waals surface area contributed by atoms with Crippen molar-refractivity contribution in [3.8, 4) is 5.75 Å². The molecule has 0 amide bonds. The second-order valence-corrected chi connectivity index (χ2v) is 5.96. The lowest BCUT2D eigenvalue weighted by Crippen LogP contribution is -2.25. The largest absolute Gasteiger partial charge is 0.492 e. The van der Waals surface area contributed by atoms with Crippen LogP contribution in [-0.4, -0.2) is 37.2 Å². The van der Waals surface area contributed by atoms with Crippen LogP contribution in [0.4, 0.5) is 0 Å². The summed E-state index contributed by atoms with van der Waals surface area (Å²) in [5.74, 6) is 0.928. The Hall–Kier alpha value is -0.770. The first-order valence-corrected chi connectivity index (χ1v) is 7.96. The summed E-state index contributed by atoms with van der Waals surface area (Å²) in [4.78, 5) is 2.45. The molecule has 4 heteroatoms. The number of ether oxygens (including phenoxy) is 1. The van der Waals surface area contributed by atoms with Crippen LogP contribution in [0.25, 0.3) is 0 Å². The molecule has 1 aromatic carbocycles. The van der Waals surface area contributed by atoms with Crippen LogP contribution in [0.15, 0.2) is 18.2 Å². The first-order chi connectivity index (χ1) is 9.69. The first-order valence-electron chi connectivity index (χ1n) is 7.58. The highest BCUT2D eigenvalue weighted by Crippen LogP contribution is 2.24. The second kappa shape index (κ2) is 7.87. The standard InChI is InChI=1S/C16H25ClN2O/c1-2-15(18)12-13-11-14(17)5-6-16(13)20-10-9-19-7-3-4-8-19/h5-6,11,15H,2-4,7-10,12,18H2,1H3. The van der Waals surface area contributed by atoms with Gasteiger partial charge in [-0.05, 0) is 62.5 Å². The Morgan fingerprint density at radius 3 is 2.80 bits per heavy atom. The lowest BCUT2D eigenvalue weighted by molar-refractivity contribution is 0.236. The average Bonchev–Trinajstić information content (AvgIpc) is 2.94. The quantitative estimate of drug-likeness (QED) is 0.840. The molecule has 1 fully saturated rings. The predicted octanol–water partition coefficient (Wildman–Crippen LogP) is 3.09. The van der Waals surface area contributed by atoms with E-state index in [9.17, 15) is 0 Å². The van der Waals surface area contributed by atoms with Gasteiger partial charge in [0.15, 0.2) is 0 Å². The summed E-state index contributed by atoms with van der Waals surface area (Å²) in [6.45, 7) is 6.25. The molecule has 0 spiro atoms. The molecular weight excluding hydrogens is 272 g/mol. The third-order valence-corrected chi connectivity index (χ3v) is 4.13. The summed E-state index contributed by atoms with van der Waals surface area (Å²) in [6, 6.07) is 5.98. The zero-order valence-electron chi connectivity index (χ0n) is 12.3. The van der Waals surface area contributed by atoms with E-state index in [-0.39, 0.29) is 6.04 Å². The van der Waals surface area contributed by atoms with Crippen LogP contribution in [0.5, 0.6) is 5.75 Å². The zero-order valence-corrected chi connectivity index (χ0v) is 13.0. The number of likely N-dealkylation sites (tertiary alicyclic amines) is 1. The summed E-state index contributed by atoms with van der Waals surface area (Å²) < 4.78 is 5.94. The third kappa shape index (κ3) is 4.65. The fraction of sp³-hybridized carbons (Fsp3) is 0.625. The van der Waals surface area contributed by atoms with E-state index < -0.39 is 0 Å². The molecule has 1 heterocycles. The second-order valence-electron chi connectivity index (χ2n) is 5.52. The van der Waals surface area contributed by atoms with E-state index in [0.29, 0.717) is 0 Å². The molecule has 0 aliphatic carbocycles. The fourth-order valence-electron chi connectivity index (χ4n) is 2.57. The maximum absolute atomic E-state index is 6.08. The van der Waals surface area contributed by atoms with E-state index in [1.165, 1.54) is 25.9 Å². The molecule has 0 radical (unpaired) electrons. The zero-order chi connectivity index (χ0) is 14.4. The summed E-state index contributed by atoms with van der Waals surface area (Å²) in [7, 11) is 0. The summed E-state index contributed by atoms with van der Waals surface area (Å²) >= 11 is 6.08. The SMILES string of the molecule is CCC(N)Cc1cc(Cl)ccc1OCCN1CCCC1. The average molecular weight is 297 g/mol. The number of rotatable bonds is 7. The molecule has 2 rings (SSSR count). The highest BCUT2D eigenvalue weighted by molar-refractivity contribution is 6.30. The maximum atomic E-state index is 6.08. The molecule has 1 aliphatic rings. The van der Waals surface area contributed by atoms with Crippen LogP contribution in [-0.2, 0) is 6.42 Å². The van der Waals surface area contributed by atoms with E-state index in [1.54, 1.807) is 0 Å². The summed E-state index contributed by atoms with van der Waals surface area (Å²) in [5.41, 5.74) is 7.16. The van der Waals surface area contributed by atoms with Gasteiger partial charge in [-0.2, -0.15) is 0 Å². The Kier molecular flexibility index (Phi) is 6.14. The van der Waals surface area contributed by atoms with Gasteiger partial charge in [0, 0.05) is 17.6 Å². The van der Waals surface area contributed by atoms with Gasteiger partial charge in [-0.1, -0.05) is 18.5 Å². The molecule has 0 aromatic heterocycles. The molecule has 20 heavy (non-hydrogen) atoms. The Morgan fingerprint density at radius 1 is 1.35 bits per heavy atom. The normalized spacial score (nSPS) is 17.4. The molecule has 1 aliphatic heterocycles. The number of hydrogen-bond donors (Lipinski definition) is 1. The van der Waals surface area contributed by atoms with Crippen LogP contribution in [0.2, 0.25) is 5.02 Å². The number of benzene rings is 1. The number of hydrogen-bond acceptors (Lipinski definition) is 3. The van der Waals surface area contributed by atoms with Gasteiger partial charge < -0.3 is 10.5 Å². The molecule has 1 saturated heterocycles. The third-order valence-electron chi connectivity index (χ3n) is 3.89. The minimum absolute atomic E-state index is 0.161. The number of nitrogens with zero attached hydrogens (tertiary/aromatic N) is 1. The van der Waals surface area contributed by atoms with Crippen molar-refractivity contribution >= 4 is 11.6 Å². The van der Waals surface area contributed by atoms with E-state index in [2.05, 4.69) is 11.8 Å². The van der Waals surface area contributed by atoms with Gasteiger partial charge in [-0.25, -0.2) is 0 Å². The van der Waals surface area contributed by atoms with E-state index in [4.69, 9.17) is 22.1 Å². The molecule has 0 saturated carbocycles. The predicted molar refractivity (Wildman–Crippen MR) is 84.6 cm³/mol. The lowest BCUT2D eigenvalue weighted by atomic mass is 10.0. The highest BCUT2D eigenvalue weighted by Gasteiger charge is 2.12. The van der Waals surface area contributed by atoms with Crippen LogP contribution < -0.4 is 10.5 Å². The number of halogens is 1. The van der Waals surface area contributed by atoms with Crippen molar-refractivity contribution in [3.05, 3.63) is 28.8 Å². The van der Waals surface area contributed by atoms with Crippen molar-refractivity contribution < 1.29 is 4.74 Å². The monoisotopic (exact) mass is 296 g/mol. The van der Waals surface area contributed by atoms with Gasteiger partial charge in [-0.15, -0.1) is 0 Å². The van der Waals surface area contributed by atoms with Gasteiger partial charge in [0.25, 0.3) is 0 Å². The van der Waals surface area contributed by atoms with Crippen LogP contribution in [0.1, 0.15) is 31.7 Å². The van der Waals surface area contributed by atoms with Crippen molar-refractivity contribution in [2.24, 2.45) is 5.73 Å². The summed E-state index contributed by atoms with van der Waals surface area (Å²) in [5, 5.41) is 0.746. The van der Waals surface area contributed by atoms with Crippen LogP contribution in [0, 0.1) is 0 Å². The fourth-order valence-corrected chi connectivity index (χ4v) is 2.76. The smallest absolute Gasteiger partial charge is 0.122 e. The Labute approximate surface area is 127 Å². The van der Waals surface area contributed by atoms with Crippen LogP contribution >= 0.6 is 11.6 Å².